The van der Waals surface area contributed by atoms with E-state index in [1.165, 1.54) is 0 Å². The van der Waals surface area contributed by atoms with E-state index in [-0.39, 0.29) is 18.0 Å². The van der Waals surface area contributed by atoms with Gasteiger partial charge in [-0.3, -0.25) is 9.78 Å². The molecule has 4 nitrogen and oxygen atoms in total. The Kier molecular flexibility index (Phi) is 5.10. The molecule has 0 aliphatic heterocycles. The van der Waals surface area contributed by atoms with Gasteiger partial charge in [0.1, 0.15) is 0 Å². The molecule has 0 radical (unpaired) electrons. The Morgan fingerprint density at radius 1 is 1.47 bits per heavy atom. The Hall–Kier alpha value is -1.42. The van der Waals surface area contributed by atoms with E-state index in [9.17, 15) is 4.79 Å². The first-order valence-electron chi connectivity index (χ1n) is 5.93. The molecule has 1 heterocycles. The zero-order chi connectivity index (χ0) is 12.8. The second-order valence-electron chi connectivity index (χ2n) is 4.43. The van der Waals surface area contributed by atoms with Crippen LogP contribution in [0.5, 0.6) is 0 Å². The van der Waals surface area contributed by atoms with Crippen LogP contribution in [0.1, 0.15) is 26.3 Å². The summed E-state index contributed by atoms with van der Waals surface area (Å²) in [6.45, 7) is 6.53. The fraction of sp³-hybridized carbons (Fsp3) is 0.538. The second kappa shape index (κ2) is 6.35. The van der Waals surface area contributed by atoms with Crippen LogP contribution in [0.25, 0.3) is 0 Å². The fourth-order valence-corrected chi connectivity index (χ4v) is 1.58. The molecule has 0 fully saturated rings. The first-order valence-corrected chi connectivity index (χ1v) is 5.93. The van der Waals surface area contributed by atoms with Crippen molar-refractivity contribution in [3.8, 4) is 0 Å². The maximum atomic E-state index is 12.2. The summed E-state index contributed by atoms with van der Waals surface area (Å²) in [6, 6.07) is 3.90. The Morgan fingerprint density at radius 3 is 2.65 bits per heavy atom. The standard InChI is InChI=1S/C13H21N3O/c1-10(2)16(13(17)11(3)14-4)9-12-6-5-7-15-8-12/h5-8,10-11,14H,9H2,1-4H3. The average molecular weight is 235 g/mol. The van der Waals surface area contributed by atoms with Gasteiger partial charge in [-0.15, -0.1) is 0 Å². The zero-order valence-corrected chi connectivity index (χ0v) is 11.0. The van der Waals surface area contributed by atoms with Crippen LogP contribution in [-0.2, 0) is 11.3 Å². The number of aromatic nitrogens is 1. The van der Waals surface area contributed by atoms with Crippen molar-refractivity contribution >= 4 is 5.91 Å². The molecule has 0 bridgehead atoms. The molecule has 1 rings (SSSR count). The van der Waals surface area contributed by atoms with E-state index in [0.29, 0.717) is 6.54 Å². The van der Waals surface area contributed by atoms with Gasteiger partial charge < -0.3 is 10.2 Å². The quantitative estimate of drug-likeness (QED) is 0.839. The number of hydrogen-bond acceptors (Lipinski definition) is 3. The maximum Gasteiger partial charge on any atom is 0.239 e. The summed E-state index contributed by atoms with van der Waals surface area (Å²) in [7, 11) is 1.80. The lowest BCUT2D eigenvalue weighted by Gasteiger charge is -2.29. The second-order valence-corrected chi connectivity index (χ2v) is 4.43. The highest BCUT2D eigenvalue weighted by Crippen LogP contribution is 2.09. The minimum Gasteiger partial charge on any atom is -0.335 e. The molecular formula is C13H21N3O. The van der Waals surface area contributed by atoms with E-state index in [2.05, 4.69) is 10.3 Å². The SMILES string of the molecule is CNC(C)C(=O)N(Cc1cccnc1)C(C)C. The van der Waals surface area contributed by atoms with Crippen LogP contribution < -0.4 is 5.32 Å². The molecule has 0 saturated carbocycles. The number of nitrogens with one attached hydrogen (secondary N) is 1. The molecule has 1 atom stereocenters. The van der Waals surface area contributed by atoms with Gasteiger partial charge in [0.15, 0.2) is 0 Å². The zero-order valence-electron chi connectivity index (χ0n) is 11.0. The third-order valence-corrected chi connectivity index (χ3v) is 2.79. The van der Waals surface area contributed by atoms with Crippen molar-refractivity contribution in [2.75, 3.05) is 7.05 Å². The summed E-state index contributed by atoms with van der Waals surface area (Å²) >= 11 is 0. The van der Waals surface area contributed by atoms with Crippen molar-refractivity contribution in [1.82, 2.24) is 15.2 Å². The van der Waals surface area contributed by atoms with Crippen LogP contribution in [0.4, 0.5) is 0 Å². The first-order chi connectivity index (χ1) is 8.06. The number of likely N-dealkylation sites (N-methyl/N-ethyl adjacent to an activating group) is 1. The monoisotopic (exact) mass is 235 g/mol. The number of pyridine rings is 1. The summed E-state index contributed by atoms with van der Waals surface area (Å²) in [6.07, 6.45) is 3.54. The molecule has 4 heteroatoms. The van der Waals surface area contributed by atoms with E-state index in [1.807, 2.05) is 37.8 Å². The van der Waals surface area contributed by atoms with Gasteiger partial charge in [0.05, 0.1) is 6.04 Å². The van der Waals surface area contributed by atoms with Crippen LogP contribution in [0.15, 0.2) is 24.5 Å². The van der Waals surface area contributed by atoms with Crippen molar-refractivity contribution in [3.63, 3.8) is 0 Å². The third kappa shape index (κ3) is 3.82. The number of rotatable bonds is 5. The first kappa shape index (κ1) is 13.6. The van der Waals surface area contributed by atoms with E-state index in [1.54, 1.807) is 19.4 Å². The van der Waals surface area contributed by atoms with Gasteiger partial charge in [0.2, 0.25) is 5.91 Å². The molecule has 0 saturated heterocycles. The largest absolute Gasteiger partial charge is 0.335 e. The summed E-state index contributed by atoms with van der Waals surface area (Å²) < 4.78 is 0. The molecule has 1 N–H and O–H groups in total. The number of amides is 1. The van der Waals surface area contributed by atoms with Gasteiger partial charge in [-0.1, -0.05) is 6.07 Å². The number of hydrogen-bond donors (Lipinski definition) is 1. The molecule has 0 aliphatic carbocycles. The van der Waals surface area contributed by atoms with E-state index in [0.717, 1.165) is 5.56 Å². The van der Waals surface area contributed by atoms with Crippen molar-refractivity contribution in [2.24, 2.45) is 0 Å². The van der Waals surface area contributed by atoms with Crippen molar-refractivity contribution < 1.29 is 4.79 Å². The van der Waals surface area contributed by atoms with Gasteiger partial charge in [0, 0.05) is 25.0 Å². The summed E-state index contributed by atoms with van der Waals surface area (Å²) in [5.41, 5.74) is 1.05. The molecule has 0 aromatic carbocycles. The Labute approximate surface area is 103 Å². The fourth-order valence-electron chi connectivity index (χ4n) is 1.58. The highest BCUT2D eigenvalue weighted by Gasteiger charge is 2.21. The van der Waals surface area contributed by atoms with Gasteiger partial charge >= 0.3 is 0 Å². The molecule has 1 aromatic heterocycles. The Morgan fingerprint density at radius 2 is 2.18 bits per heavy atom. The van der Waals surface area contributed by atoms with Crippen molar-refractivity contribution in [3.05, 3.63) is 30.1 Å². The summed E-state index contributed by atoms with van der Waals surface area (Å²) in [5, 5.41) is 2.98. The minimum absolute atomic E-state index is 0.117. The lowest BCUT2D eigenvalue weighted by atomic mass is 10.2. The molecular weight excluding hydrogens is 214 g/mol. The van der Waals surface area contributed by atoms with Crippen LogP contribution >= 0.6 is 0 Å². The summed E-state index contributed by atoms with van der Waals surface area (Å²) in [4.78, 5) is 18.1. The van der Waals surface area contributed by atoms with Crippen LogP contribution in [0.2, 0.25) is 0 Å². The molecule has 1 unspecified atom stereocenters. The number of carbonyl (C=O) groups excluding carboxylic acids is 1. The maximum absolute atomic E-state index is 12.2. The van der Waals surface area contributed by atoms with Gasteiger partial charge in [-0.25, -0.2) is 0 Å². The molecule has 0 aliphatic rings. The molecule has 1 aromatic rings. The molecule has 0 spiro atoms. The topological polar surface area (TPSA) is 45.2 Å². The highest BCUT2D eigenvalue weighted by molar-refractivity contribution is 5.81. The van der Waals surface area contributed by atoms with Gasteiger partial charge in [-0.05, 0) is 39.4 Å². The predicted molar refractivity (Wildman–Crippen MR) is 68.4 cm³/mol. The van der Waals surface area contributed by atoms with Crippen LogP contribution in [-0.4, -0.2) is 34.9 Å². The highest BCUT2D eigenvalue weighted by atomic mass is 16.2. The lowest BCUT2D eigenvalue weighted by molar-refractivity contribution is -0.135. The molecule has 94 valence electrons. The van der Waals surface area contributed by atoms with Crippen LogP contribution in [0.3, 0.4) is 0 Å². The van der Waals surface area contributed by atoms with Gasteiger partial charge in [-0.2, -0.15) is 0 Å². The smallest absolute Gasteiger partial charge is 0.239 e. The number of nitrogens with zero attached hydrogens (tertiary/aromatic N) is 2. The van der Waals surface area contributed by atoms with E-state index in [4.69, 9.17) is 0 Å². The van der Waals surface area contributed by atoms with Gasteiger partial charge in [0.25, 0.3) is 0 Å². The normalized spacial score (nSPS) is 12.5. The predicted octanol–water partition coefficient (Wildman–Crippen LogP) is 1.43. The molecule has 17 heavy (non-hydrogen) atoms. The van der Waals surface area contributed by atoms with E-state index < -0.39 is 0 Å². The van der Waals surface area contributed by atoms with Crippen LogP contribution in [0, 0.1) is 0 Å². The lowest BCUT2D eigenvalue weighted by Crippen LogP contribution is -2.46. The van der Waals surface area contributed by atoms with E-state index >= 15 is 0 Å². The minimum atomic E-state index is -0.158. The Balaban J connectivity index is 2.77. The Bertz CT molecular complexity index is 351. The summed E-state index contributed by atoms with van der Waals surface area (Å²) in [5.74, 6) is 0.117. The molecule has 1 amide bonds. The number of carbonyl (C=O) groups is 1. The van der Waals surface area contributed by atoms with Crippen molar-refractivity contribution in [1.29, 1.82) is 0 Å². The van der Waals surface area contributed by atoms with Crippen molar-refractivity contribution in [2.45, 2.75) is 39.4 Å². The average Bonchev–Trinajstić information content (AvgIpc) is 2.35. The third-order valence-electron chi connectivity index (χ3n) is 2.79.